The van der Waals surface area contributed by atoms with Gasteiger partial charge in [0.25, 0.3) is 5.56 Å². The van der Waals surface area contributed by atoms with Crippen LogP contribution in [-0.4, -0.2) is 36.2 Å². The monoisotopic (exact) mass is 264 g/mol. The number of fused-ring (bicyclic) bond motifs is 1. The fourth-order valence-corrected chi connectivity index (χ4v) is 3.43. The number of rotatable bonds is 2. The van der Waals surface area contributed by atoms with E-state index in [1.54, 1.807) is 0 Å². The molecule has 2 aliphatic rings. The second-order valence-electron chi connectivity index (χ2n) is 5.59. The molecular formula is C13H20N4O2. The van der Waals surface area contributed by atoms with Gasteiger partial charge in [0.15, 0.2) is 5.82 Å². The lowest BCUT2D eigenvalue weighted by Crippen LogP contribution is -2.32. The van der Waals surface area contributed by atoms with E-state index in [0.717, 1.165) is 25.9 Å². The Morgan fingerprint density at radius 3 is 3.00 bits per heavy atom. The Bertz CT molecular complexity index is 516. The van der Waals surface area contributed by atoms with Gasteiger partial charge in [-0.1, -0.05) is 0 Å². The minimum atomic E-state index is -0.223. The highest BCUT2D eigenvalue weighted by Crippen LogP contribution is 2.38. The number of methoxy groups -OCH3 is 1. The van der Waals surface area contributed by atoms with Crippen molar-refractivity contribution in [2.45, 2.75) is 25.3 Å². The van der Waals surface area contributed by atoms with Crippen molar-refractivity contribution in [2.75, 3.05) is 25.1 Å². The second-order valence-corrected chi connectivity index (χ2v) is 5.59. The van der Waals surface area contributed by atoms with Crippen LogP contribution in [0.3, 0.4) is 0 Å². The van der Waals surface area contributed by atoms with Crippen LogP contribution in [-0.2, 0) is 0 Å². The molecule has 19 heavy (non-hydrogen) atoms. The quantitative estimate of drug-likeness (QED) is 0.805. The first-order valence-corrected chi connectivity index (χ1v) is 6.81. The largest absolute Gasteiger partial charge is 0.489 e. The normalized spacial score (nSPS) is 30.2. The molecule has 1 unspecified atom stereocenters. The molecule has 3 N–H and O–H groups in total. The van der Waals surface area contributed by atoms with E-state index in [0.29, 0.717) is 29.4 Å². The molecule has 1 saturated carbocycles. The number of H-pyrrole nitrogens is 1. The van der Waals surface area contributed by atoms with Gasteiger partial charge in [-0.25, -0.2) is 4.98 Å². The molecular weight excluding hydrogens is 244 g/mol. The first kappa shape index (κ1) is 12.5. The Balaban J connectivity index is 1.85. The van der Waals surface area contributed by atoms with Crippen molar-refractivity contribution < 1.29 is 4.74 Å². The number of hydrogen-bond acceptors (Lipinski definition) is 5. The lowest BCUT2D eigenvalue weighted by Gasteiger charge is -2.27. The lowest BCUT2D eigenvalue weighted by atomic mass is 9.79. The molecule has 1 aliphatic heterocycles. The molecule has 0 amide bonds. The summed E-state index contributed by atoms with van der Waals surface area (Å²) in [5, 5.41) is 0. The van der Waals surface area contributed by atoms with Gasteiger partial charge < -0.3 is 20.4 Å². The average molecular weight is 264 g/mol. The van der Waals surface area contributed by atoms with Gasteiger partial charge in [-0.15, -0.1) is 0 Å². The van der Waals surface area contributed by atoms with Gasteiger partial charge in [0.1, 0.15) is 0 Å². The van der Waals surface area contributed by atoms with Crippen LogP contribution in [0, 0.1) is 11.8 Å². The number of aromatic amines is 1. The second kappa shape index (κ2) is 4.85. The van der Waals surface area contributed by atoms with E-state index in [1.165, 1.54) is 19.9 Å². The molecule has 104 valence electrons. The van der Waals surface area contributed by atoms with Gasteiger partial charge in [0.2, 0.25) is 5.75 Å². The van der Waals surface area contributed by atoms with Crippen LogP contribution in [0.15, 0.2) is 11.1 Å². The molecule has 2 heterocycles. The molecule has 1 saturated heterocycles. The molecule has 0 bridgehead atoms. The van der Waals surface area contributed by atoms with E-state index >= 15 is 0 Å². The number of ether oxygens (including phenoxy) is 1. The molecule has 6 nitrogen and oxygen atoms in total. The Labute approximate surface area is 112 Å². The molecule has 3 rings (SSSR count). The Hall–Kier alpha value is -1.56. The zero-order valence-corrected chi connectivity index (χ0v) is 11.1. The van der Waals surface area contributed by atoms with Crippen molar-refractivity contribution in [2.24, 2.45) is 17.6 Å². The first-order chi connectivity index (χ1) is 9.19. The minimum Gasteiger partial charge on any atom is -0.489 e. The molecule has 6 heteroatoms. The fourth-order valence-electron chi connectivity index (χ4n) is 3.43. The summed E-state index contributed by atoms with van der Waals surface area (Å²) >= 11 is 0. The predicted molar refractivity (Wildman–Crippen MR) is 72.4 cm³/mol. The molecule has 0 aromatic carbocycles. The van der Waals surface area contributed by atoms with Crippen LogP contribution in [0.25, 0.3) is 0 Å². The Morgan fingerprint density at radius 2 is 2.21 bits per heavy atom. The molecule has 3 atom stereocenters. The minimum absolute atomic E-state index is 0.223. The third-order valence-electron chi connectivity index (χ3n) is 4.39. The Kier molecular flexibility index (Phi) is 3.18. The highest BCUT2D eigenvalue weighted by Gasteiger charge is 2.38. The number of anilines is 1. The number of hydrogen-bond donors (Lipinski definition) is 2. The molecule has 0 spiro atoms. The summed E-state index contributed by atoms with van der Waals surface area (Å²) in [5.41, 5.74) is 5.82. The van der Waals surface area contributed by atoms with Crippen molar-refractivity contribution in [3.05, 3.63) is 16.7 Å². The summed E-state index contributed by atoms with van der Waals surface area (Å²) in [4.78, 5) is 20.7. The number of nitrogens with zero attached hydrogens (tertiary/aromatic N) is 2. The third-order valence-corrected chi connectivity index (χ3v) is 4.39. The zero-order valence-electron chi connectivity index (χ0n) is 11.1. The van der Waals surface area contributed by atoms with Gasteiger partial charge in [0, 0.05) is 19.1 Å². The van der Waals surface area contributed by atoms with Crippen molar-refractivity contribution in [3.63, 3.8) is 0 Å². The van der Waals surface area contributed by atoms with E-state index in [2.05, 4.69) is 14.9 Å². The van der Waals surface area contributed by atoms with Crippen LogP contribution >= 0.6 is 0 Å². The van der Waals surface area contributed by atoms with Gasteiger partial charge in [-0.3, -0.25) is 4.79 Å². The average Bonchev–Trinajstić information content (AvgIpc) is 2.81. The van der Waals surface area contributed by atoms with Crippen LogP contribution in [0.5, 0.6) is 5.75 Å². The third kappa shape index (κ3) is 2.20. The van der Waals surface area contributed by atoms with E-state index in [9.17, 15) is 4.79 Å². The van der Waals surface area contributed by atoms with E-state index in [4.69, 9.17) is 10.5 Å². The summed E-state index contributed by atoms with van der Waals surface area (Å²) in [6.45, 7) is 1.87. The lowest BCUT2D eigenvalue weighted by molar-refractivity contribution is 0.271. The van der Waals surface area contributed by atoms with E-state index in [-0.39, 0.29) is 5.56 Å². The summed E-state index contributed by atoms with van der Waals surface area (Å²) in [6.07, 6.45) is 4.79. The number of nitrogens with one attached hydrogen (secondary N) is 1. The number of aromatic nitrogens is 2. The topological polar surface area (TPSA) is 84.2 Å². The summed E-state index contributed by atoms with van der Waals surface area (Å²) in [5.74, 6) is 2.26. The standard InChI is InChI=1S/C13H20N4O2/c1-19-11-12(15-7-16-13(11)18)17-5-8-2-3-10(14)4-9(8)6-17/h7-10H,2-6,14H2,1H3,(H,15,16,18)/t8-,9+,10?/m1/s1. The Morgan fingerprint density at radius 1 is 1.42 bits per heavy atom. The van der Waals surface area contributed by atoms with Crippen LogP contribution in [0.1, 0.15) is 19.3 Å². The summed E-state index contributed by atoms with van der Waals surface area (Å²) < 4.78 is 5.19. The van der Waals surface area contributed by atoms with E-state index < -0.39 is 0 Å². The maximum absolute atomic E-state index is 11.7. The maximum Gasteiger partial charge on any atom is 0.295 e. The van der Waals surface area contributed by atoms with Crippen LogP contribution in [0.2, 0.25) is 0 Å². The smallest absolute Gasteiger partial charge is 0.295 e. The molecule has 2 fully saturated rings. The highest BCUT2D eigenvalue weighted by atomic mass is 16.5. The van der Waals surface area contributed by atoms with Gasteiger partial charge in [-0.05, 0) is 31.1 Å². The molecule has 1 aliphatic carbocycles. The van der Waals surface area contributed by atoms with Crippen molar-refractivity contribution in [1.29, 1.82) is 0 Å². The van der Waals surface area contributed by atoms with E-state index in [1.807, 2.05) is 0 Å². The van der Waals surface area contributed by atoms with Crippen LogP contribution in [0.4, 0.5) is 5.82 Å². The molecule has 1 aromatic heterocycles. The first-order valence-electron chi connectivity index (χ1n) is 6.81. The molecule has 0 radical (unpaired) electrons. The molecule has 1 aromatic rings. The summed E-state index contributed by atoms with van der Waals surface area (Å²) in [6, 6.07) is 0.329. The van der Waals surface area contributed by atoms with Gasteiger partial charge in [0.05, 0.1) is 13.4 Å². The number of nitrogens with two attached hydrogens (primary N) is 1. The van der Waals surface area contributed by atoms with Crippen molar-refractivity contribution >= 4 is 5.82 Å². The van der Waals surface area contributed by atoms with Gasteiger partial charge in [-0.2, -0.15) is 0 Å². The highest BCUT2D eigenvalue weighted by molar-refractivity contribution is 5.51. The van der Waals surface area contributed by atoms with Gasteiger partial charge >= 0.3 is 0 Å². The SMILES string of the molecule is COc1c(N2C[C@H]3CCC(N)C[C@H]3C2)nc[nH]c1=O. The van der Waals surface area contributed by atoms with Crippen LogP contribution < -0.4 is 20.9 Å². The summed E-state index contributed by atoms with van der Waals surface area (Å²) in [7, 11) is 1.51. The maximum atomic E-state index is 11.7. The van der Waals surface area contributed by atoms with Crippen molar-refractivity contribution in [1.82, 2.24) is 9.97 Å². The predicted octanol–water partition coefficient (Wildman–Crippen LogP) is 0.342. The zero-order chi connectivity index (χ0) is 13.4. The van der Waals surface area contributed by atoms with Crippen molar-refractivity contribution in [3.8, 4) is 5.75 Å². The fraction of sp³-hybridized carbons (Fsp3) is 0.692.